The van der Waals surface area contributed by atoms with E-state index < -0.39 is 5.97 Å². The fourth-order valence-electron chi connectivity index (χ4n) is 3.01. The van der Waals surface area contributed by atoms with E-state index in [0.29, 0.717) is 12.2 Å². The molecule has 1 aromatic carbocycles. The van der Waals surface area contributed by atoms with Gasteiger partial charge in [-0.3, -0.25) is 4.98 Å². The highest BCUT2D eigenvalue weighted by Crippen LogP contribution is 2.31. The average molecular weight is 357 g/mol. The molecule has 2 rings (SSSR count). The second-order valence-electron chi connectivity index (χ2n) is 6.80. The van der Waals surface area contributed by atoms with Crippen LogP contribution in [0.4, 0.5) is 0 Å². The Balaban J connectivity index is 2.35. The molecule has 0 saturated carbocycles. The smallest absolute Gasteiger partial charge is 0.341 e. The van der Waals surface area contributed by atoms with Crippen LogP contribution in [-0.2, 0) is 11.2 Å². The van der Waals surface area contributed by atoms with Crippen LogP contribution in [0.1, 0.15) is 59.8 Å². The minimum absolute atomic E-state index is 0.200. The number of hydrogen-bond donors (Lipinski definition) is 2. The molecule has 1 unspecified atom stereocenters. The van der Waals surface area contributed by atoms with Crippen molar-refractivity contribution < 1.29 is 19.7 Å². The number of aliphatic carboxylic acids is 1. The van der Waals surface area contributed by atoms with E-state index in [-0.39, 0.29) is 18.3 Å². The molecule has 0 radical (unpaired) electrons. The summed E-state index contributed by atoms with van der Waals surface area (Å²) in [4.78, 5) is 15.4. The van der Waals surface area contributed by atoms with Crippen LogP contribution in [0, 0.1) is 20.8 Å². The van der Waals surface area contributed by atoms with Crippen molar-refractivity contribution in [2.24, 2.45) is 0 Å². The molecule has 140 valence electrons. The van der Waals surface area contributed by atoms with Crippen LogP contribution in [0.15, 0.2) is 18.2 Å². The van der Waals surface area contributed by atoms with Crippen molar-refractivity contribution in [2.75, 3.05) is 6.61 Å². The maximum absolute atomic E-state index is 10.7. The summed E-state index contributed by atoms with van der Waals surface area (Å²) in [5, 5.41) is 18.9. The van der Waals surface area contributed by atoms with Gasteiger partial charge in [-0.15, -0.1) is 0 Å². The Bertz CT molecular complexity index is 814. The first-order valence-corrected chi connectivity index (χ1v) is 8.87. The maximum atomic E-state index is 10.7. The normalized spacial score (nSPS) is 12.0. The lowest BCUT2D eigenvalue weighted by Gasteiger charge is -2.17. The number of ether oxygens (including phenoxy) is 1. The third-order valence-corrected chi connectivity index (χ3v) is 4.96. The van der Waals surface area contributed by atoms with E-state index in [9.17, 15) is 9.90 Å². The predicted octanol–water partition coefficient (Wildman–Crippen LogP) is 4.28. The highest BCUT2D eigenvalue weighted by atomic mass is 16.5. The summed E-state index contributed by atoms with van der Waals surface area (Å²) in [6, 6.07) is 5.45. The summed E-state index contributed by atoms with van der Waals surface area (Å²) in [5.41, 5.74) is 5.84. The molecule has 5 heteroatoms. The number of benzene rings is 1. The minimum atomic E-state index is -0.991. The van der Waals surface area contributed by atoms with Crippen molar-refractivity contribution in [3.8, 4) is 11.5 Å². The van der Waals surface area contributed by atoms with Gasteiger partial charge in [-0.05, 0) is 67.6 Å². The van der Waals surface area contributed by atoms with E-state index in [1.165, 1.54) is 0 Å². The molecule has 2 N–H and O–H groups in total. The van der Waals surface area contributed by atoms with Crippen LogP contribution in [0.25, 0.3) is 0 Å². The standard InChI is InChI=1S/C21H27NO4/c1-6-12(2)21-18(23)8-7-16(22-21)10-17-13(3)9-19(15(5)14(17)4)26-11-20(24)25/h7-9,12,23H,6,10-11H2,1-5H3,(H,24,25). The maximum Gasteiger partial charge on any atom is 0.341 e. The van der Waals surface area contributed by atoms with E-state index in [2.05, 4.69) is 18.8 Å². The molecule has 0 spiro atoms. The number of rotatable bonds is 7. The molecule has 0 fully saturated rings. The van der Waals surface area contributed by atoms with Crippen molar-refractivity contribution in [3.05, 3.63) is 51.8 Å². The molecular formula is C21H27NO4. The minimum Gasteiger partial charge on any atom is -0.506 e. The lowest BCUT2D eigenvalue weighted by atomic mass is 9.93. The van der Waals surface area contributed by atoms with Gasteiger partial charge in [0.25, 0.3) is 0 Å². The highest BCUT2D eigenvalue weighted by molar-refractivity contribution is 5.68. The number of pyridine rings is 1. The third-order valence-electron chi connectivity index (χ3n) is 4.96. The average Bonchev–Trinajstić information content (AvgIpc) is 2.61. The molecule has 1 aromatic heterocycles. The summed E-state index contributed by atoms with van der Waals surface area (Å²) in [6.45, 7) is 9.72. The molecule has 1 atom stereocenters. The van der Waals surface area contributed by atoms with E-state index in [0.717, 1.165) is 40.1 Å². The molecule has 1 heterocycles. The monoisotopic (exact) mass is 357 g/mol. The first kappa shape index (κ1) is 19.8. The van der Waals surface area contributed by atoms with Crippen LogP contribution < -0.4 is 4.74 Å². The lowest BCUT2D eigenvalue weighted by molar-refractivity contribution is -0.139. The second kappa shape index (κ2) is 8.21. The van der Waals surface area contributed by atoms with Gasteiger partial charge in [0.1, 0.15) is 11.5 Å². The van der Waals surface area contributed by atoms with Crippen molar-refractivity contribution in [1.29, 1.82) is 0 Å². The number of carboxylic acid groups (broad SMARTS) is 1. The zero-order chi connectivity index (χ0) is 19.4. The van der Waals surface area contributed by atoms with Crippen LogP contribution >= 0.6 is 0 Å². The van der Waals surface area contributed by atoms with E-state index >= 15 is 0 Å². The van der Waals surface area contributed by atoms with E-state index in [1.807, 2.05) is 32.9 Å². The summed E-state index contributed by atoms with van der Waals surface area (Å²) in [5.74, 6) is 0.0515. The van der Waals surface area contributed by atoms with Gasteiger partial charge >= 0.3 is 5.97 Å². The van der Waals surface area contributed by atoms with Crippen LogP contribution in [-0.4, -0.2) is 27.8 Å². The number of aromatic hydroxyl groups is 1. The Labute approximate surface area is 154 Å². The zero-order valence-corrected chi connectivity index (χ0v) is 16.1. The number of aryl methyl sites for hydroxylation is 1. The molecular weight excluding hydrogens is 330 g/mol. The molecule has 0 aliphatic rings. The Kier molecular flexibility index (Phi) is 6.24. The third kappa shape index (κ3) is 4.34. The van der Waals surface area contributed by atoms with Gasteiger partial charge in [0, 0.05) is 18.0 Å². The summed E-state index contributed by atoms with van der Waals surface area (Å²) < 4.78 is 5.40. The fraction of sp³-hybridized carbons (Fsp3) is 0.429. The van der Waals surface area contributed by atoms with Gasteiger partial charge in [-0.1, -0.05) is 13.8 Å². The summed E-state index contributed by atoms with van der Waals surface area (Å²) in [6.07, 6.45) is 1.57. The predicted molar refractivity (Wildman–Crippen MR) is 101 cm³/mol. The van der Waals surface area contributed by atoms with Crippen LogP contribution in [0.2, 0.25) is 0 Å². The molecule has 0 amide bonds. The van der Waals surface area contributed by atoms with E-state index in [4.69, 9.17) is 9.84 Å². The first-order valence-electron chi connectivity index (χ1n) is 8.87. The van der Waals surface area contributed by atoms with Crippen molar-refractivity contribution in [1.82, 2.24) is 4.98 Å². The Morgan fingerprint density at radius 1 is 1.23 bits per heavy atom. The number of nitrogens with zero attached hydrogens (tertiary/aromatic N) is 1. The van der Waals surface area contributed by atoms with Gasteiger partial charge in [-0.2, -0.15) is 0 Å². The van der Waals surface area contributed by atoms with Crippen LogP contribution in [0.5, 0.6) is 11.5 Å². The van der Waals surface area contributed by atoms with Gasteiger partial charge in [0.2, 0.25) is 0 Å². The van der Waals surface area contributed by atoms with Gasteiger partial charge in [0.15, 0.2) is 6.61 Å². The molecule has 0 bridgehead atoms. The first-order chi connectivity index (χ1) is 12.2. The van der Waals surface area contributed by atoms with Crippen molar-refractivity contribution in [3.63, 3.8) is 0 Å². The molecule has 5 nitrogen and oxygen atoms in total. The van der Waals surface area contributed by atoms with Crippen molar-refractivity contribution in [2.45, 2.75) is 53.4 Å². The topological polar surface area (TPSA) is 79.7 Å². The zero-order valence-electron chi connectivity index (χ0n) is 16.1. The largest absolute Gasteiger partial charge is 0.506 e. The van der Waals surface area contributed by atoms with Crippen molar-refractivity contribution >= 4 is 5.97 Å². The van der Waals surface area contributed by atoms with Gasteiger partial charge in [-0.25, -0.2) is 4.79 Å². The SMILES string of the molecule is CCC(C)c1nc(Cc2c(C)cc(OCC(=O)O)c(C)c2C)ccc1O. The van der Waals surface area contributed by atoms with E-state index in [1.54, 1.807) is 6.07 Å². The molecule has 2 aromatic rings. The molecule has 0 aliphatic heterocycles. The summed E-state index contributed by atoms with van der Waals surface area (Å²) >= 11 is 0. The quantitative estimate of drug-likeness (QED) is 0.773. The number of carbonyl (C=O) groups is 1. The lowest BCUT2D eigenvalue weighted by Crippen LogP contribution is -2.11. The second-order valence-corrected chi connectivity index (χ2v) is 6.80. The Morgan fingerprint density at radius 2 is 1.92 bits per heavy atom. The molecule has 26 heavy (non-hydrogen) atoms. The Hall–Kier alpha value is -2.56. The van der Waals surface area contributed by atoms with Gasteiger partial charge in [0.05, 0.1) is 5.69 Å². The number of aromatic nitrogens is 1. The molecule has 0 aliphatic carbocycles. The number of hydrogen-bond acceptors (Lipinski definition) is 4. The number of carboxylic acids is 1. The highest BCUT2D eigenvalue weighted by Gasteiger charge is 2.15. The van der Waals surface area contributed by atoms with Crippen LogP contribution in [0.3, 0.4) is 0 Å². The Morgan fingerprint density at radius 3 is 2.54 bits per heavy atom. The fourth-order valence-corrected chi connectivity index (χ4v) is 3.01. The molecule has 0 saturated heterocycles. The summed E-state index contributed by atoms with van der Waals surface area (Å²) in [7, 11) is 0. The van der Waals surface area contributed by atoms with Gasteiger partial charge < -0.3 is 14.9 Å².